The van der Waals surface area contributed by atoms with Crippen LogP contribution in [0, 0.1) is 13.8 Å². The predicted molar refractivity (Wildman–Crippen MR) is 80.0 cm³/mol. The Morgan fingerprint density at radius 2 is 1.84 bits per heavy atom. The fourth-order valence-corrected chi connectivity index (χ4v) is 2.06. The van der Waals surface area contributed by atoms with Crippen molar-refractivity contribution in [2.24, 2.45) is 5.73 Å². The molecule has 0 spiro atoms. The van der Waals surface area contributed by atoms with Crippen LogP contribution in [0.3, 0.4) is 0 Å². The molecule has 0 aliphatic heterocycles. The van der Waals surface area contributed by atoms with Crippen molar-refractivity contribution in [3.05, 3.63) is 58.1 Å². The van der Waals surface area contributed by atoms with E-state index >= 15 is 0 Å². The summed E-state index contributed by atoms with van der Waals surface area (Å²) in [5.74, 6) is 1.48. The van der Waals surface area contributed by atoms with Crippen molar-refractivity contribution >= 4 is 11.6 Å². The normalized spacial score (nSPS) is 12.3. The van der Waals surface area contributed by atoms with Gasteiger partial charge in [0.05, 0.1) is 5.02 Å². The SMILES string of the molecule is Cc1cccc(Oc2ccc([C@@H](C)N)cc2Cl)c1C. The van der Waals surface area contributed by atoms with Crippen LogP contribution in [0.25, 0.3) is 0 Å². The number of hydrogen-bond donors (Lipinski definition) is 1. The van der Waals surface area contributed by atoms with Crippen molar-refractivity contribution in [1.29, 1.82) is 0 Å². The lowest BCUT2D eigenvalue weighted by Crippen LogP contribution is -2.04. The Bertz CT molecular complexity index is 593. The molecule has 2 aromatic carbocycles. The summed E-state index contributed by atoms with van der Waals surface area (Å²) in [6.45, 7) is 6.02. The minimum Gasteiger partial charge on any atom is -0.456 e. The molecule has 3 heteroatoms. The monoisotopic (exact) mass is 275 g/mol. The number of ether oxygens (including phenoxy) is 1. The lowest BCUT2D eigenvalue weighted by molar-refractivity contribution is 0.478. The minimum atomic E-state index is -0.0349. The van der Waals surface area contributed by atoms with Crippen LogP contribution in [-0.2, 0) is 0 Å². The third-order valence-electron chi connectivity index (χ3n) is 3.26. The van der Waals surface area contributed by atoms with Crippen LogP contribution in [-0.4, -0.2) is 0 Å². The molecule has 0 radical (unpaired) electrons. The van der Waals surface area contributed by atoms with E-state index in [4.69, 9.17) is 22.1 Å². The lowest BCUT2D eigenvalue weighted by atomic mass is 10.1. The molecule has 0 fully saturated rings. The molecule has 2 N–H and O–H groups in total. The molecule has 1 atom stereocenters. The maximum absolute atomic E-state index is 6.23. The first-order valence-corrected chi connectivity index (χ1v) is 6.66. The van der Waals surface area contributed by atoms with Gasteiger partial charge in [-0.1, -0.05) is 29.8 Å². The van der Waals surface area contributed by atoms with E-state index in [1.807, 2.05) is 44.2 Å². The molecule has 19 heavy (non-hydrogen) atoms. The highest BCUT2D eigenvalue weighted by molar-refractivity contribution is 6.32. The summed E-state index contributed by atoms with van der Waals surface area (Å²) >= 11 is 6.23. The molecule has 0 bridgehead atoms. The standard InChI is InChI=1S/C16H18ClNO/c1-10-5-4-6-15(11(10)2)19-16-8-7-13(12(3)18)9-14(16)17/h4-9,12H,18H2,1-3H3/t12-/m1/s1. The molecular formula is C16H18ClNO. The Hall–Kier alpha value is -1.51. The second-order valence-corrected chi connectivity index (χ2v) is 5.19. The zero-order chi connectivity index (χ0) is 14.0. The largest absolute Gasteiger partial charge is 0.456 e. The molecule has 2 aromatic rings. The Kier molecular flexibility index (Phi) is 4.13. The highest BCUT2D eigenvalue weighted by Gasteiger charge is 2.09. The fourth-order valence-electron chi connectivity index (χ4n) is 1.84. The topological polar surface area (TPSA) is 35.2 Å². The summed E-state index contributed by atoms with van der Waals surface area (Å²) < 4.78 is 5.88. The van der Waals surface area contributed by atoms with Crippen LogP contribution in [0.2, 0.25) is 5.02 Å². The lowest BCUT2D eigenvalue weighted by Gasteiger charge is -2.13. The van der Waals surface area contributed by atoms with Gasteiger partial charge >= 0.3 is 0 Å². The van der Waals surface area contributed by atoms with E-state index in [-0.39, 0.29) is 6.04 Å². The summed E-state index contributed by atoms with van der Waals surface area (Å²) in [5.41, 5.74) is 9.14. The van der Waals surface area contributed by atoms with Crippen molar-refractivity contribution in [1.82, 2.24) is 0 Å². The number of nitrogens with two attached hydrogens (primary N) is 1. The molecule has 0 aromatic heterocycles. The second kappa shape index (κ2) is 5.64. The summed E-state index contributed by atoms with van der Waals surface area (Å²) in [5, 5.41) is 0.579. The van der Waals surface area contributed by atoms with Crippen molar-refractivity contribution < 1.29 is 4.74 Å². The van der Waals surface area contributed by atoms with Gasteiger partial charge in [-0.05, 0) is 55.7 Å². The van der Waals surface area contributed by atoms with Gasteiger partial charge in [0, 0.05) is 6.04 Å². The van der Waals surface area contributed by atoms with Gasteiger partial charge in [0.2, 0.25) is 0 Å². The van der Waals surface area contributed by atoms with E-state index in [0.717, 1.165) is 16.9 Å². The number of benzene rings is 2. The van der Waals surface area contributed by atoms with Gasteiger partial charge in [-0.3, -0.25) is 0 Å². The van der Waals surface area contributed by atoms with E-state index < -0.39 is 0 Å². The van der Waals surface area contributed by atoms with Crippen LogP contribution < -0.4 is 10.5 Å². The Balaban J connectivity index is 2.31. The molecule has 0 heterocycles. The quantitative estimate of drug-likeness (QED) is 0.876. The summed E-state index contributed by atoms with van der Waals surface area (Å²) in [6, 6.07) is 11.6. The molecule has 0 aliphatic rings. The van der Waals surface area contributed by atoms with Crippen LogP contribution in [0.4, 0.5) is 0 Å². The van der Waals surface area contributed by atoms with Gasteiger partial charge in [-0.15, -0.1) is 0 Å². The Labute approximate surface area is 119 Å². The number of aryl methyl sites for hydroxylation is 1. The van der Waals surface area contributed by atoms with Gasteiger partial charge in [0.25, 0.3) is 0 Å². The maximum atomic E-state index is 6.23. The summed E-state index contributed by atoms with van der Waals surface area (Å²) in [6.07, 6.45) is 0. The van der Waals surface area contributed by atoms with Crippen molar-refractivity contribution in [2.75, 3.05) is 0 Å². The highest BCUT2D eigenvalue weighted by atomic mass is 35.5. The van der Waals surface area contributed by atoms with Crippen molar-refractivity contribution in [3.63, 3.8) is 0 Å². The second-order valence-electron chi connectivity index (χ2n) is 4.78. The van der Waals surface area contributed by atoms with Crippen molar-refractivity contribution in [2.45, 2.75) is 26.8 Å². The minimum absolute atomic E-state index is 0.0349. The van der Waals surface area contributed by atoms with Crippen LogP contribution in [0.15, 0.2) is 36.4 Å². The first kappa shape index (κ1) is 13.9. The molecule has 0 saturated carbocycles. The van der Waals surface area contributed by atoms with Gasteiger partial charge in [0.1, 0.15) is 11.5 Å². The number of halogens is 1. The van der Waals surface area contributed by atoms with E-state index in [2.05, 4.69) is 13.0 Å². The third kappa shape index (κ3) is 3.09. The van der Waals surface area contributed by atoms with Gasteiger partial charge in [-0.25, -0.2) is 0 Å². The zero-order valence-electron chi connectivity index (χ0n) is 11.4. The number of rotatable bonds is 3. The predicted octanol–water partition coefficient (Wildman–Crippen LogP) is 4.77. The third-order valence-corrected chi connectivity index (χ3v) is 3.55. The van der Waals surface area contributed by atoms with Crippen LogP contribution >= 0.6 is 11.6 Å². The van der Waals surface area contributed by atoms with Gasteiger partial charge in [0.15, 0.2) is 0 Å². The molecule has 0 amide bonds. The average Bonchev–Trinajstić information content (AvgIpc) is 2.37. The summed E-state index contributed by atoms with van der Waals surface area (Å²) in [7, 11) is 0. The first-order valence-electron chi connectivity index (χ1n) is 6.28. The average molecular weight is 276 g/mol. The van der Waals surface area contributed by atoms with Crippen LogP contribution in [0.5, 0.6) is 11.5 Å². The van der Waals surface area contributed by atoms with E-state index in [1.54, 1.807) is 0 Å². The zero-order valence-corrected chi connectivity index (χ0v) is 12.2. The van der Waals surface area contributed by atoms with Gasteiger partial charge in [-0.2, -0.15) is 0 Å². The summed E-state index contributed by atoms with van der Waals surface area (Å²) in [4.78, 5) is 0. The Morgan fingerprint density at radius 3 is 2.47 bits per heavy atom. The van der Waals surface area contributed by atoms with Gasteiger partial charge < -0.3 is 10.5 Å². The Morgan fingerprint density at radius 1 is 1.11 bits per heavy atom. The molecule has 100 valence electrons. The number of hydrogen-bond acceptors (Lipinski definition) is 2. The molecule has 0 saturated heterocycles. The highest BCUT2D eigenvalue weighted by Crippen LogP contribution is 2.33. The smallest absolute Gasteiger partial charge is 0.146 e. The van der Waals surface area contributed by atoms with E-state index in [1.165, 1.54) is 5.56 Å². The maximum Gasteiger partial charge on any atom is 0.146 e. The van der Waals surface area contributed by atoms with Crippen molar-refractivity contribution in [3.8, 4) is 11.5 Å². The molecule has 0 aliphatic carbocycles. The fraction of sp³-hybridized carbons (Fsp3) is 0.250. The first-order chi connectivity index (χ1) is 8.99. The molecular weight excluding hydrogens is 258 g/mol. The molecule has 0 unspecified atom stereocenters. The van der Waals surface area contributed by atoms with E-state index in [0.29, 0.717) is 10.8 Å². The van der Waals surface area contributed by atoms with E-state index in [9.17, 15) is 0 Å². The molecule has 2 nitrogen and oxygen atoms in total. The van der Waals surface area contributed by atoms with Crippen LogP contribution in [0.1, 0.15) is 29.7 Å². The molecule has 2 rings (SSSR count).